The van der Waals surface area contributed by atoms with Crippen LogP contribution in [0.15, 0.2) is 17.7 Å². The van der Waals surface area contributed by atoms with Crippen molar-refractivity contribution in [2.24, 2.45) is 0 Å². The van der Waals surface area contributed by atoms with Crippen LogP contribution in [0, 0.1) is 11.3 Å². The van der Waals surface area contributed by atoms with Crippen LogP contribution in [0.5, 0.6) is 17.2 Å². The van der Waals surface area contributed by atoms with Gasteiger partial charge in [0.1, 0.15) is 0 Å². The lowest BCUT2D eigenvalue weighted by atomic mass is 10.1. The van der Waals surface area contributed by atoms with Gasteiger partial charge in [-0.1, -0.05) is 0 Å². The first-order valence-electron chi connectivity index (χ1n) is 6.18. The molecule has 1 aromatic carbocycles. The Labute approximate surface area is 119 Å². The van der Waals surface area contributed by atoms with E-state index in [2.05, 4.69) is 6.07 Å². The van der Waals surface area contributed by atoms with Crippen molar-refractivity contribution in [3.63, 3.8) is 0 Å². The topological polar surface area (TPSA) is 60.7 Å². The number of nitriles is 1. The average Bonchev–Trinajstić information content (AvgIpc) is 2.50. The standard InChI is InChI=1S/C15H19NO4/c1-5-20-10-12(9-16)6-11-7-13(17-2)15(19-4)14(8-11)18-3/h6-8H,5,10H2,1-4H3/b12-6-. The fourth-order valence-corrected chi connectivity index (χ4v) is 1.70. The van der Waals surface area contributed by atoms with Gasteiger partial charge in [0.25, 0.3) is 0 Å². The van der Waals surface area contributed by atoms with Crippen molar-refractivity contribution in [2.45, 2.75) is 6.92 Å². The van der Waals surface area contributed by atoms with Gasteiger partial charge in [-0.3, -0.25) is 0 Å². The molecule has 1 rings (SSSR count). The number of rotatable bonds is 7. The maximum Gasteiger partial charge on any atom is 0.203 e. The van der Waals surface area contributed by atoms with Crippen molar-refractivity contribution in [3.8, 4) is 23.3 Å². The quantitative estimate of drug-likeness (QED) is 0.717. The zero-order valence-corrected chi connectivity index (χ0v) is 12.2. The monoisotopic (exact) mass is 277 g/mol. The van der Waals surface area contributed by atoms with Crippen LogP contribution < -0.4 is 14.2 Å². The van der Waals surface area contributed by atoms with E-state index in [1.165, 1.54) is 0 Å². The van der Waals surface area contributed by atoms with E-state index in [1.54, 1.807) is 39.5 Å². The van der Waals surface area contributed by atoms with Gasteiger partial charge in [-0.2, -0.15) is 5.26 Å². The molecule has 1 aromatic rings. The second-order valence-corrected chi connectivity index (χ2v) is 3.88. The van der Waals surface area contributed by atoms with Crippen molar-refractivity contribution < 1.29 is 18.9 Å². The lowest BCUT2D eigenvalue weighted by molar-refractivity contribution is 0.174. The Bertz CT molecular complexity index is 492. The highest BCUT2D eigenvalue weighted by Crippen LogP contribution is 2.38. The Kier molecular flexibility index (Phi) is 6.41. The van der Waals surface area contributed by atoms with E-state index in [-0.39, 0.29) is 6.61 Å². The predicted molar refractivity (Wildman–Crippen MR) is 76.2 cm³/mol. The summed E-state index contributed by atoms with van der Waals surface area (Å²) < 4.78 is 21.0. The molecule has 0 aliphatic carbocycles. The van der Waals surface area contributed by atoms with Gasteiger partial charge < -0.3 is 18.9 Å². The molecule has 0 aliphatic heterocycles. The van der Waals surface area contributed by atoms with E-state index in [1.807, 2.05) is 6.92 Å². The highest BCUT2D eigenvalue weighted by Gasteiger charge is 2.12. The second-order valence-electron chi connectivity index (χ2n) is 3.88. The van der Waals surface area contributed by atoms with E-state index >= 15 is 0 Å². The van der Waals surface area contributed by atoms with Crippen molar-refractivity contribution in [1.29, 1.82) is 5.26 Å². The molecule has 5 heteroatoms. The smallest absolute Gasteiger partial charge is 0.203 e. The van der Waals surface area contributed by atoms with Gasteiger partial charge in [-0.15, -0.1) is 0 Å². The van der Waals surface area contributed by atoms with Gasteiger partial charge in [-0.25, -0.2) is 0 Å². The van der Waals surface area contributed by atoms with Crippen LogP contribution in [-0.2, 0) is 4.74 Å². The van der Waals surface area contributed by atoms with Gasteiger partial charge >= 0.3 is 0 Å². The molecule has 20 heavy (non-hydrogen) atoms. The van der Waals surface area contributed by atoms with E-state index in [0.717, 1.165) is 5.56 Å². The summed E-state index contributed by atoms with van der Waals surface area (Å²) in [4.78, 5) is 0. The van der Waals surface area contributed by atoms with E-state index in [9.17, 15) is 0 Å². The highest BCUT2D eigenvalue weighted by molar-refractivity contribution is 5.65. The summed E-state index contributed by atoms with van der Waals surface area (Å²) in [6, 6.07) is 5.68. The van der Waals surface area contributed by atoms with Gasteiger partial charge in [0.05, 0.1) is 39.6 Å². The molecular formula is C15H19NO4. The summed E-state index contributed by atoms with van der Waals surface area (Å²) in [5, 5.41) is 9.08. The van der Waals surface area contributed by atoms with Crippen LogP contribution >= 0.6 is 0 Å². The van der Waals surface area contributed by atoms with Crippen molar-refractivity contribution in [3.05, 3.63) is 23.3 Å². The second kappa shape index (κ2) is 8.08. The predicted octanol–water partition coefficient (Wildman–Crippen LogP) is 2.66. The summed E-state index contributed by atoms with van der Waals surface area (Å²) in [5.74, 6) is 1.62. The number of nitrogens with zero attached hydrogens (tertiary/aromatic N) is 1. The molecule has 108 valence electrons. The van der Waals surface area contributed by atoms with Crippen LogP contribution in [0.1, 0.15) is 12.5 Å². The molecule has 0 N–H and O–H groups in total. The van der Waals surface area contributed by atoms with E-state index in [0.29, 0.717) is 29.4 Å². The number of methoxy groups -OCH3 is 3. The zero-order valence-electron chi connectivity index (χ0n) is 12.2. The molecule has 0 aliphatic rings. The molecule has 0 saturated carbocycles. The Hall–Kier alpha value is -2.19. The Balaban J connectivity index is 3.19. The maximum atomic E-state index is 9.08. The van der Waals surface area contributed by atoms with Crippen LogP contribution in [0.2, 0.25) is 0 Å². The minimum Gasteiger partial charge on any atom is -0.493 e. The minimum atomic E-state index is 0.281. The number of hydrogen-bond donors (Lipinski definition) is 0. The molecule has 0 atom stereocenters. The SMILES string of the molecule is CCOC/C(C#N)=C\c1cc(OC)c(OC)c(OC)c1. The fraction of sp³-hybridized carbons (Fsp3) is 0.400. The van der Waals surface area contributed by atoms with Crippen LogP contribution in [0.25, 0.3) is 6.08 Å². The Morgan fingerprint density at radius 2 is 1.75 bits per heavy atom. The fourth-order valence-electron chi connectivity index (χ4n) is 1.70. The molecule has 0 fully saturated rings. The zero-order chi connectivity index (χ0) is 15.0. The normalized spacial score (nSPS) is 10.8. The van der Waals surface area contributed by atoms with Gasteiger partial charge in [-0.05, 0) is 30.7 Å². The minimum absolute atomic E-state index is 0.281. The van der Waals surface area contributed by atoms with Gasteiger partial charge in [0.15, 0.2) is 11.5 Å². The van der Waals surface area contributed by atoms with Crippen LogP contribution in [0.3, 0.4) is 0 Å². The van der Waals surface area contributed by atoms with E-state index in [4.69, 9.17) is 24.2 Å². The molecule has 0 radical (unpaired) electrons. The average molecular weight is 277 g/mol. The number of benzene rings is 1. The Morgan fingerprint density at radius 3 is 2.15 bits per heavy atom. The molecule has 5 nitrogen and oxygen atoms in total. The first kappa shape index (κ1) is 15.9. The summed E-state index contributed by atoms with van der Waals surface area (Å²) >= 11 is 0. The van der Waals surface area contributed by atoms with Crippen molar-refractivity contribution >= 4 is 6.08 Å². The van der Waals surface area contributed by atoms with Gasteiger partial charge in [0.2, 0.25) is 5.75 Å². The molecule has 0 saturated heterocycles. The summed E-state index contributed by atoms with van der Waals surface area (Å²) in [7, 11) is 4.65. The summed E-state index contributed by atoms with van der Waals surface area (Å²) in [6.07, 6.45) is 1.74. The third kappa shape index (κ3) is 3.90. The third-order valence-corrected chi connectivity index (χ3v) is 2.63. The molecule has 0 amide bonds. The number of ether oxygens (including phenoxy) is 4. The molecule has 0 heterocycles. The van der Waals surface area contributed by atoms with Gasteiger partial charge in [0, 0.05) is 6.61 Å². The summed E-state index contributed by atoms with van der Waals surface area (Å²) in [5.41, 5.74) is 1.32. The molecule has 0 aromatic heterocycles. The molecule has 0 bridgehead atoms. The van der Waals surface area contributed by atoms with Crippen LogP contribution in [-0.4, -0.2) is 34.5 Å². The first-order valence-corrected chi connectivity index (χ1v) is 6.18. The van der Waals surface area contributed by atoms with Crippen LogP contribution in [0.4, 0.5) is 0 Å². The molecule has 0 unspecified atom stereocenters. The maximum absolute atomic E-state index is 9.08. The Morgan fingerprint density at radius 1 is 1.15 bits per heavy atom. The van der Waals surface area contributed by atoms with Crippen molar-refractivity contribution in [1.82, 2.24) is 0 Å². The lowest BCUT2D eigenvalue weighted by Gasteiger charge is -2.13. The summed E-state index contributed by atoms with van der Waals surface area (Å²) in [6.45, 7) is 2.73. The largest absolute Gasteiger partial charge is 0.493 e. The molecular weight excluding hydrogens is 258 g/mol. The van der Waals surface area contributed by atoms with E-state index < -0.39 is 0 Å². The number of hydrogen-bond acceptors (Lipinski definition) is 5. The highest BCUT2D eigenvalue weighted by atomic mass is 16.5. The third-order valence-electron chi connectivity index (χ3n) is 2.63. The molecule has 0 spiro atoms. The van der Waals surface area contributed by atoms with Crippen molar-refractivity contribution in [2.75, 3.05) is 34.5 Å². The lowest BCUT2D eigenvalue weighted by Crippen LogP contribution is -1.97. The first-order chi connectivity index (χ1) is 9.69.